The molecule has 0 saturated carbocycles. The molecule has 0 unspecified atom stereocenters. The molecule has 2 nitrogen and oxygen atoms in total. The van der Waals surface area contributed by atoms with E-state index in [0.29, 0.717) is 0 Å². The van der Waals surface area contributed by atoms with E-state index in [9.17, 15) is 0 Å². The number of aromatic nitrogens is 2. The van der Waals surface area contributed by atoms with Gasteiger partial charge in [-0.1, -0.05) is 103 Å². The summed E-state index contributed by atoms with van der Waals surface area (Å²) in [6.45, 7) is 0. The zero-order chi connectivity index (χ0) is 27.4. The molecule has 0 bridgehead atoms. The van der Waals surface area contributed by atoms with E-state index in [0.717, 1.165) is 0 Å². The SMILES string of the molecule is c1ccc(-n2c3ccccc3c3cc(-c4ccc5c6ccccc6n6c7ccccc7c7ccc4c5c76)ccc32)cc1. The Bertz CT molecular complexity index is 2670. The number of rotatable bonds is 2. The minimum Gasteiger partial charge on any atom is -0.309 e. The van der Waals surface area contributed by atoms with E-state index in [-0.39, 0.29) is 0 Å². The summed E-state index contributed by atoms with van der Waals surface area (Å²) in [6, 6.07) is 53.4. The summed E-state index contributed by atoms with van der Waals surface area (Å²) in [6.07, 6.45) is 0. The molecule has 42 heavy (non-hydrogen) atoms. The van der Waals surface area contributed by atoms with Gasteiger partial charge in [0.2, 0.25) is 0 Å². The molecule has 3 heterocycles. The highest BCUT2D eigenvalue weighted by Crippen LogP contribution is 2.44. The molecule has 0 amide bonds. The second-order valence-electron chi connectivity index (χ2n) is 11.3. The molecular formula is C40H24N2. The molecule has 0 aliphatic heterocycles. The van der Waals surface area contributed by atoms with Gasteiger partial charge in [0.15, 0.2) is 0 Å². The molecule has 194 valence electrons. The van der Waals surface area contributed by atoms with E-state index in [4.69, 9.17) is 0 Å². The molecule has 2 heteroatoms. The monoisotopic (exact) mass is 532 g/mol. The van der Waals surface area contributed by atoms with E-state index >= 15 is 0 Å². The van der Waals surface area contributed by atoms with Gasteiger partial charge in [0.25, 0.3) is 0 Å². The number of pyridine rings is 1. The topological polar surface area (TPSA) is 9.34 Å². The Morgan fingerprint density at radius 1 is 0.357 bits per heavy atom. The summed E-state index contributed by atoms with van der Waals surface area (Å²) in [5.41, 5.74) is 9.98. The molecule has 3 aromatic heterocycles. The Kier molecular flexibility index (Phi) is 4.21. The zero-order valence-corrected chi connectivity index (χ0v) is 22.8. The standard InChI is InChI=1S/C40H24N2/c1-2-10-26(11-3-1)41-35-15-7-6-14-30(35)34-24-25(18-23-38(34)41)27-19-20-32-28-12-4-8-16-36(28)42-37-17-9-5-13-29(37)33-22-21-31(27)39(32)40(33)42/h1-24H. The van der Waals surface area contributed by atoms with Gasteiger partial charge in [-0.25, -0.2) is 0 Å². The van der Waals surface area contributed by atoms with Crippen molar-refractivity contribution >= 4 is 70.7 Å². The number of benzene rings is 7. The molecule has 10 rings (SSSR count). The molecule has 7 aromatic carbocycles. The average molecular weight is 533 g/mol. The molecule has 10 aromatic rings. The van der Waals surface area contributed by atoms with Crippen LogP contribution in [0.5, 0.6) is 0 Å². The summed E-state index contributed by atoms with van der Waals surface area (Å²) in [5.74, 6) is 0. The van der Waals surface area contributed by atoms with Gasteiger partial charge in [-0.05, 0) is 64.4 Å². The molecule has 0 atom stereocenters. The number of fused-ring (bicyclic) bond motifs is 9. The first-order chi connectivity index (χ1) is 20.9. The normalized spacial score (nSPS) is 12.3. The number of hydrogen-bond donors (Lipinski definition) is 0. The molecule has 0 saturated heterocycles. The predicted molar refractivity (Wildman–Crippen MR) is 178 cm³/mol. The van der Waals surface area contributed by atoms with Crippen LogP contribution >= 0.6 is 0 Å². The summed E-state index contributed by atoms with van der Waals surface area (Å²) in [5, 5.41) is 10.4. The van der Waals surface area contributed by atoms with E-state index in [1.54, 1.807) is 0 Å². The minimum absolute atomic E-state index is 1.18. The van der Waals surface area contributed by atoms with E-state index in [2.05, 4.69) is 155 Å². The van der Waals surface area contributed by atoms with Crippen LogP contribution in [-0.2, 0) is 0 Å². The lowest BCUT2D eigenvalue weighted by Gasteiger charge is -2.16. The first kappa shape index (κ1) is 22.1. The number of para-hydroxylation sites is 4. The highest BCUT2D eigenvalue weighted by atomic mass is 15.0. The van der Waals surface area contributed by atoms with Gasteiger partial charge in [0, 0.05) is 38.0 Å². The van der Waals surface area contributed by atoms with Crippen molar-refractivity contribution in [3.63, 3.8) is 0 Å². The predicted octanol–water partition coefficient (Wildman–Crippen LogP) is 10.8. The maximum Gasteiger partial charge on any atom is 0.0626 e. The third-order valence-electron chi connectivity index (χ3n) is 9.25. The van der Waals surface area contributed by atoms with Crippen molar-refractivity contribution in [1.29, 1.82) is 0 Å². The first-order valence-electron chi connectivity index (χ1n) is 14.5. The van der Waals surface area contributed by atoms with Crippen LogP contribution in [-0.4, -0.2) is 8.97 Å². The van der Waals surface area contributed by atoms with Crippen LogP contribution in [0.15, 0.2) is 146 Å². The highest BCUT2D eigenvalue weighted by Gasteiger charge is 2.20. The second-order valence-corrected chi connectivity index (χ2v) is 11.3. The van der Waals surface area contributed by atoms with E-state index < -0.39 is 0 Å². The largest absolute Gasteiger partial charge is 0.309 e. The summed E-state index contributed by atoms with van der Waals surface area (Å²) in [7, 11) is 0. The fourth-order valence-electron chi connectivity index (χ4n) is 7.51. The van der Waals surface area contributed by atoms with Crippen LogP contribution in [0.2, 0.25) is 0 Å². The van der Waals surface area contributed by atoms with Gasteiger partial charge in [0.05, 0.1) is 27.6 Å². The second kappa shape index (κ2) is 7.99. The summed E-state index contributed by atoms with van der Waals surface area (Å²) in [4.78, 5) is 0. The smallest absolute Gasteiger partial charge is 0.0626 e. The van der Waals surface area contributed by atoms with Crippen molar-refractivity contribution in [3.05, 3.63) is 146 Å². The molecule has 0 N–H and O–H groups in total. The Hall–Kier alpha value is -5.60. The number of nitrogens with zero attached hydrogens (tertiary/aromatic N) is 2. The van der Waals surface area contributed by atoms with Crippen molar-refractivity contribution in [2.24, 2.45) is 0 Å². The van der Waals surface area contributed by atoms with Gasteiger partial charge in [-0.3, -0.25) is 0 Å². The third kappa shape index (κ3) is 2.74. The molecule has 0 radical (unpaired) electrons. The summed E-state index contributed by atoms with van der Waals surface area (Å²) < 4.78 is 4.86. The Balaban J connectivity index is 1.33. The van der Waals surface area contributed by atoms with Crippen LogP contribution in [0.3, 0.4) is 0 Å². The van der Waals surface area contributed by atoms with Crippen LogP contribution in [0.4, 0.5) is 0 Å². The lowest BCUT2D eigenvalue weighted by atomic mass is 9.92. The average Bonchev–Trinajstić information content (AvgIpc) is 3.58. The maximum atomic E-state index is 2.48. The van der Waals surface area contributed by atoms with Crippen molar-refractivity contribution in [2.45, 2.75) is 0 Å². The zero-order valence-electron chi connectivity index (χ0n) is 22.8. The summed E-state index contributed by atoms with van der Waals surface area (Å²) >= 11 is 0. The highest BCUT2D eigenvalue weighted by molar-refractivity contribution is 6.30. The minimum atomic E-state index is 1.18. The fourth-order valence-corrected chi connectivity index (χ4v) is 7.51. The van der Waals surface area contributed by atoms with E-state index in [1.807, 2.05) is 0 Å². The molecular weight excluding hydrogens is 508 g/mol. The van der Waals surface area contributed by atoms with Gasteiger partial charge >= 0.3 is 0 Å². The van der Waals surface area contributed by atoms with Crippen LogP contribution in [0, 0.1) is 0 Å². The molecule has 0 spiro atoms. The Morgan fingerprint density at radius 2 is 0.929 bits per heavy atom. The third-order valence-corrected chi connectivity index (χ3v) is 9.25. The molecule has 0 aliphatic rings. The Labute approximate surface area is 241 Å². The quantitative estimate of drug-likeness (QED) is 0.155. The van der Waals surface area contributed by atoms with Crippen LogP contribution in [0.25, 0.3) is 87.5 Å². The van der Waals surface area contributed by atoms with Crippen LogP contribution in [0.1, 0.15) is 0 Å². The van der Waals surface area contributed by atoms with Gasteiger partial charge in [-0.15, -0.1) is 0 Å². The van der Waals surface area contributed by atoms with Crippen molar-refractivity contribution < 1.29 is 0 Å². The van der Waals surface area contributed by atoms with Crippen molar-refractivity contribution in [2.75, 3.05) is 0 Å². The van der Waals surface area contributed by atoms with Crippen molar-refractivity contribution in [3.8, 4) is 16.8 Å². The van der Waals surface area contributed by atoms with E-state index in [1.165, 1.54) is 87.5 Å². The lowest BCUT2D eigenvalue weighted by molar-refractivity contribution is 1.18. The molecule has 0 aliphatic carbocycles. The fraction of sp³-hybridized carbons (Fsp3) is 0. The number of hydrogen-bond acceptors (Lipinski definition) is 0. The van der Waals surface area contributed by atoms with Crippen LogP contribution < -0.4 is 0 Å². The molecule has 0 fully saturated rings. The first-order valence-corrected chi connectivity index (χ1v) is 14.5. The van der Waals surface area contributed by atoms with Gasteiger partial charge in [0.1, 0.15) is 0 Å². The maximum absolute atomic E-state index is 2.48. The Morgan fingerprint density at radius 3 is 1.69 bits per heavy atom. The van der Waals surface area contributed by atoms with Gasteiger partial charge in [-0.2, -0.15) is 0 Å². The lowest BCUT2D eigenvalue weighted by Crippen LogP contribution is -1.94. The van der Waals surface area contributed by atoms with Crippen molar-refractivity contribution in [1.82, 2.24) is 8.97 Å². The van der Waals surface area contributed by atoms with Gasteiger partial charge < -0.3 is 8.97 Å².